The van der Waals surface area contributed by atoms with Gasteiger partial charge < -0.3 is 14.5 Å². The minimum Gasteiger partial charge on any atom is -0.325 e. The van der Waals surface area contributed by atoms with E-state index in [4.69, 9.17) is 12.2 Å². The highest BCUT2D eigenvalue weighted by molar-refractivity contribution is 7.71. The quantitative estimate of drug-likeness (QED) is 0.664. The zero-order chi connectivity index (χ0) is 9.30. The monoisotopic (exact) mass is 185 g/mol. The highest BCUT2D eigenvalue weighted by Crippen LogP contribution is 2.07. The molecule has 4 nitrogen and oxygen atoms in total. The van der Waals surface area contributed by atoms with Gasteiger partial charge >= 0.3 is 0 Å². The van der Waals surface area contributed by atoms with E-state index in [0.29, 0.717) is 4.77 Å². The second kappa shape index (κ2) is 3.10. The zero-order valence-electron chi connectivity index (χ0n) is 7.29. The Hall–Kier alpha value is -1.10. The van der Waals surface area contributed by atoms with Crippen molar-refractivity contribution in [1.82, 2.24) is 9.13 Å². The Balaban J connectivity index is 3.10. The number of carbonyl (C=O) groups excluding carboxylic acids is 1. The Morgan fingerprint density at radius 3 is 2.50 bits per heavy atom. The maximum atomic E-state index is 10.7. The molecule has 0 fully saturated rings. The summed E-state index contributed by atoms with van der Waals surface area (Å²) in [6, 6.07) is 0. The third-order valence-electron chi connectivity index (χ3n) is 1.57. The maximum Gasteiger partial charge on any atom is 0.222 e. The summed E-state index contributed by atoms with van der Waals surface area (Å²) in [6.45, 7) is 1.47. The Labute approximate surface area is 75.8 Å². The summed E-state index contributed by atoms with van der Waals surface area (Å²) in [7, 11) is 3.65. The van der Waals surface area contributed by atoms with E-state index in [0.717, 1.165) is 5.82 Å². The molecule has 1 aromatic heterocycles. The normalized spacial score (nSPS) is 9.92. The van der Waals surface area contributed by atoms with Crippen LogP contribution < -0.4 is 5.32 Å². The number of nitrogens with zero attached hydrogens (tertiary/aromatic N) is 2. The summed E-state index contributed by atoms with van der Waals surface area (Å²) >= 11 is 5.04. The van der Waals surface area contributed by atoms with E-state index in [1.54, 1.807) is 15.3 Å². The third kappa shape index (κ3) is 1.55. The first-order chi connectivity index (χ1) is 5.52. The molecule has 0 bridgehead atoms. The van der Waals surface area contributed by atoms with Gasteiger partial charge in [-0.2, -0.15) is 0 Å². The van der Waals surface area contributed by atoms with Crippen molar-refractivity contribution in [3.63, 3.8) is 0 Å². The molecule has 0 spiro atoms. The van der Waals surface area contributed by atoms with E-state index in [2.05, 4.69) is 5.32 Å². The van der Waals surface area contributed by atoms with Gasteiger partial charge in [-0.15, -0.1) is 0 Å². The average Bonchev–Trinajstić information content (AvgIpc) is 2.17. The number of nitrogens with one attached hydrogen (secondary N) is 1. The van der Waals surface area contributed by atoms with Crippen LogP contribution in [0.15, 0.2) is 6.20 Å². The van der Waals surface area contributed by atoms with Crippen LogP contribution in [-0.4, -0.2) is 15.0 Å². The van der Waals surface area contributed by atoms with Crippen LogP contribution in [0, 0.1) is 4.77 Å². The van der Waals surface area contributed by atoms with Gasteiger partial charge in [0.25, 0.3) is 0 Å². The van der Waals surface area contributed by atoms with E-state index < -0.39 is 0 Å². The molecule has 5 heteroatoms. The fraction of sp³-hybridized carbons (Fsp3) is 0.429. The van der Waals surface area contributed by atoms with Crippen LogP contribution in [0.2, 0.25) is 0 Å². The van der Waals surface area contributed by atoms with E-state index in [9.17, 15) is 4.79 Å². The Morgan fingerprint density at radius 2 is 2.17 bits per heavy atom. The van der Waals surface area contributed by atoms with Crippen LogP contribution in [0.1, 0.15) is 6.92 Å². The van der Waals surface area contributed by atoms with Crippen LogP contribution >= 0.6 is 12.2 Å². The molecular formula is C7H11N3OS. The summed E-state index contributed by atoms with van der Waals surface area (Å²) in [4.78, 5) is 10.7. The lowest BCUT2D eigenvalue weighted by Gasteiger charge is -2.00. The molecule has 0 atom stereocenters. The van der Waals surface area contributed by atoms with Gasteiger partial charge in [-0.05, 0) is 12.2 Å². The smallest absolute Gasteiger partial charge is 0.222 e. The maximum absolute atomic E-state index is 10.7. The van der Waals surface area contributed by atoms with Gasteiger partial charge in [0.15, 0.2) is 4.77 Å². The summed E-state index contributed by atoms with van der Waals surface area (Å²) in [5.41, 5.74) is 0. The van der Waals surface area contributed by atoms with Crippen LogP contribution in [0.5, 0.6) is 0 Å². The van der Waals surface area contributed by atoms with Crippen molar-refractivity contribution in [2.45, 2.75) is 6.92 Å². The lowest BCUT2D eigenvalue weighted by molar-refractivity contribution is -0.114. The number of amides is 1. The van der Waals surface area contributed by atoms with Crippen molar-refractivity contribution in [3.8, 4) is 0 Å². The minimum atomic E-state index is -0.0915. The van der Waals surface area contributed by atoms with Crippen LogP contribution in [0.25, 0.3) is 0 Å². The zero-order valence-corrected chi connectivity index (χ0v) is 8.10. The van der Waals surface area contributed by atoms with E-state index in [-0.39, 0.29) is 5.91 Å². The molecule has 0 aliphatic heterocycles. The second-order valence-corrected chi connectivity index (χ2v) is 3.01. The van der Waals surface area contributed by atoms with E-state index in [1.165, 1.54) is 6.92 Å². The fourth-order valence-corrected chi connectivity index (χ4v) is 1.11. The molecule has 1 aromatic rings. The van der Waals surface area contributed by atoms with Crippen molar-refractivity contribution in [2.75, 3.05) is 5.32 Å². The number of aromatic nitrogens is 2. The number of hydrogen-bond donors (Lipinski definition) is 1. The summed E-state index contributed by atoms with van der Waals surface area (Å²) < 4.78 is 4.20. The molecule has 0 aliphatic rings. The van der Waals surface area contributed by atoms with Gasteiger partial charge in [-0.3, -0.25) is 4.79 Å². The predicted octanol–water partition coefficient (Wildman–Crippen LogP) is 1.05. The Morgan fingerprint density at radius 1 is 1.58 bits per heavy atom. The summed E-state index contributed by atoms with van der Waals surface area (Å²) in [5, 5.41) is 2.67. The standard InChI is InChI=1S/C7H11N3OS/c1-5(11)8-6-4-9(2)7(12)10(6)3/h4H,1-3H3,(H,8,11). The van der Waals surface area contributed by atoms with Gasteiger partial charge in [-0.1, -0.05) is 0 Å². The van der Waals surface area contributed by atoms with Crippen LogP contribution in [-0.2, 0) is 18.9 Å². The summed E-state index contributed by atoms with van der Waals surface area (Å²) in [5.74, 6) is 0.626. The van der Waals surface area contributed by atoms with Gasteiger partial charge in [0.2, 0.25) is 5.91 Å². The van der Waals surface area contributed by atoms with Crippen molar-refractivity contribution in [1.29, 1.82) is 0 Å². The molecule has 0 unspecified atom stereocenters. The van der Waals surface area contributed by atoms with E-state index in [1.807, 2.05) is 14.1 Å². The molecule has 1 heterocycles. The molecule has 0 aromatic carbocycles. The lowest BCUT2D eigenvalue weighted by atomic mass is 10.6. The van der Waals surface area contributed by atoms with Gasteiger partial charge in [0.05, 0.1) is 0 Å². The van der Waals surface area contributed by atoms with Gasteiger partial charge in [0, 0.05) is 27.2 Å². The van der Waals surface area contributed by atoms with Crippen molar-refractivity contribution < 1.29 is 4.79 Å². The number of aryl methyl sites for hydroxylation is 1. The molecular weight excluding hydrogens is 174 g/mol. The molecule has 0 radical (unpaired) electrons. The molecule has 12 heavy (non-hydrogen) atoms. The third-order valence-corrected chi connectivity index (χ3v) is 2.13. The minimum absolute atomic E-state index is 0.0915. The predicted molar refractivity (Wildman–Crippen MR) is 49.5 cm³/mol. The largest absolute Gasteiger partial charge is 0.325 e. The van der Waals surface area contributed by atoms with Crippen molar-refractivity contribution >= 4 is 23.9 Å². The highest BCUT2D eigenvalue weighted by Gasteiger charge is 2.02. The Bertz CT molecular complexity index is 363. The number of hydrogen-bond acceptors (Lipinski definition) is 2. The van der Waals surface area contributed by atoms with Crippen molar-refractivity contribution in [2.24, 2.45) is 14.1 Å². The number of anilines is 1. The SMILES string of the molecule is CC(=O)Nc1cn(C)c(=S)n1C. The van der Waals surface area contributed by atoms with Crippen LogP contribution in [0.3, 0.4) is 0 Å². The molecule has 1 amide bonds. The first-order valence-corrected chi connectivity index (χ1v) is 3.93. The molecule has 66 valence electrons. The topological polar surface area (TPSA) is 39.0 Å². The number of rotatable bonds is 1. The first-order valence-electron chi connectivity index (χ1n) is 3.52. The fourth-order valence-electron chi connectivity index (χ4n) is 0.961. The van der Waals surface area contributed by atoms with Crippen LogP contribution in [0.4, 0.5) is 5.82 Å². The molecule has 0 saturated carbocycles. The highest BCUT2D eigenvalue weighted by atomic mass is 32.1. The van der Waals surface area contributed by atoms with Gasteiger partial charge in [0.1, 0.15) is 5.82 Å². The molecule has 0 saturated heterocycles. The first kappa shape index (κ1) is 8.99. The molecule has 0 aliphatic carbocycles. The lowest BCUT2D eigenvalue weighted by Crippen LogP contribution is -2.08. The average molecular weight is 185 g/mol. The number of imidazole rings is 1. The van der Waals surface area contributed by atoms with E-state index >= 15 is 0 Å². The van der Waals surface area contributed by atoms with Crippen molar-refractivity contribution in [3.05, 3.63) is 11.0 Å². The Kier molecular flexibility index (Phi) is 2.32. The molecule has 1 rings (SSSR count). The number of carbonyl (C=O) groups is 1. The molecule has 1 N–H and O–H groups in total. The summed E-state index contributed by atoms with van der Waals surface area (Å²) in [6.07, 6.45) is 1.78. The van der Waals surface area contributed by atoms with Gasteiger partial charge in [-0.25, -0.2) is 0 Å². The second-order valence-electron chi connectivity index (χ2n) is 2.65.